The second-order valence-electron chi connectivity index (χ2n) is 10.2. The first-order valence-corrected chi connectivity index (χ1v) is 14.5. The molecule has 2 aromatic heterocycles. The molecule has 1 aromatic carbocycles. The SMILES string of the molecule is Cc1cn2nc([C@@H]3CCCCN3C(=O)[C@H](NS(C)(=O)=O)c3ccccc3)cc2nc1N1CC[C@H](C)C1. The summed E-state index contributed by atoms with van der Waals surface area (Å²) in [5, 5.41) is 4.82. The molecule has 3 atom stereocenters. The van der Waals surface area contributed by atoms with Gasteiger partial charge in [-0.15, -0.1) is 0 Å². The number of amides is 1. The topological polar surface area (TPSA) is 99.9 Å². The molecule has 1 amide bonds. The Morgan fingerprint density at radius 2 is 1.92 bits per heavy atom. The van der Waals surface area contributed by atoms with E-state index in [4.69, 9.17) is 10.1 Å². The molecule has 2 aliphatic heterocycles. The Kier molecular flexibility index (Phi) is 6.74. The summed E-state index contributed by atoms with van der Waals surface area (Å²) < 4.78 is 28.7. The quantitative estimate of drug-likeness (QED) is 0.547. The van der Waals surface area contributed by atoms with Crippen LogP contribution in [0.2, 0.25) is 0 Å². The van der Waals surface area contributed by atoms with Gasteiger partial charge >= 0.3 is 0 Å². The molecule has 0 unspecified atom stereocenters. The molecule has 10 heteroatoms. The molecule has 36 heavy (non-hydrogen) atoms. The van der Waals surface area contributed by atoms with E-state index in [-0.39, 0.29) is 11.9 Å². The molecule has 2 aliphatic rings. The summed E-state index contributed by atoms with van der Waals surface area (Å²) in [6, 6.07) is 9.76. The van der Waals surface area contributed by atoms with Crippen molar-refractivity contribution in [3.8, 4) is 0 Å². The van der Waals surface area contributed by atoms with E-state index in [1.54, 1.807) is 21.5 Å². The number of rotatable bonds is 6. The third kappa shape index (κ3) is 5.10. The van der Waals surface area contributed by atoms with Crippen molar-refractivity contribution in [2.24, 2.45) is 5.92 Å². The van der Waals surface area contributed by atoms with Crippen LogP contribution in [0.3, 0.4) is 0 Å². The van der Waals surface area contributed by atoms with Crippen molar-refractivity contribution in [2.45, 2.75) is 51.6 Å². The van der Waals surface area contributed by atoms with Crippen molar-refractivity contribution in [1.82, 2.24) is 24.2 Å². The number of fused-ring (bicyclic) bond motifs is 1. The van der Waals surface area contributed by atoms with Gasteiger partial charge in [-0.2, -0.15) is 9.82 Å². The second kappa shape index (κ2) is 9.82. The van der Waals surface area contributed by atoms with Crippen LogP contribution < -0.4 is 9.62 Å². The monoisotopic (exact) mass is 510 g/mol. The maximum Gasteiger partial charge on any atom is 0.245 e. The molecule has 0 saturated carbocycles. The molecular formula is C26H34N6O3S. The van der Waals surface area contributed by atoms with Crippen molar-refractivity contribution in [2.75, 3.05) is 30.8 Å². The van der Waals surface area contributed by atoms with Gasteiger partial charge in [-0.1, -0.05) is 37.3 Å². The van der Waals surface area contributed by atoms with Gasteiger partial charge in [0.25, 0.3) is 0 Å². The number of aromatic nitrogens is 3. The molecule has 0 aliphatic carbocycles. The van der Waals surface area contributed by atoms with Crippen LogP contribution in [0.5, 0.6) is 0 Å². The van der Waals surface area contributed by atoms with E-state index in [0.717, 1.165) is 61.3 Å². The summed E-state index contributed by atoms with van der Waals surface area (Å²) in [6.45, 7) is 6.88. The first-order chi connectivity index (χ1) is 17.2. The lowest BCUT2D eigenvalue weighted by Crippen LogP contribution is -2.46. The Hall–Kier alpha value is -2.98. The Balaban J connectivity index is 1.47. The van der Waals surface area contributed by atoms with E-state index in [1.165, 1.54) is 6.42 Å². The predicted molar refractivity (Wildman–Crippen MR) is 139 cm³/mol. The number of carbonyl (C=O) groups is 1. The van der Waals surface area contributed by atoms with Crippen molar-refractivity contribution >= 4 is 27.4 Å². The van der Waals surface area contributed by atoms with Gasteiger partial charge < -0.3 is 9.80 Å². The molecule has 0 radical (unpaired) electrons. The maximum atomic E-state index is 13.8. The fourth-order valence-corrected chi connectivity index (χ4v) is 6.08. The van der Waals surface area contributed by atoms with E-state index in [1.807, 2.05) is 30.5 Å². The molecule has 9 nitrogen and oxygen atoms in total. The number of piperidine rings is 1. The first kappa shape index (κ1) is 24.7. The highest BCUT2D eigenvalue weighted by Gasteiger charge is 2.36. The Morgan fingerprint density at radius 1 is 1.14 bits per heavy atom. The lowest BCUT2D eigenvalue weighted by Gasteiger charge is -2.37. The summed E-state index contributed by atoms with van der Waals surface area (Å²) in [5.41, 5.74) is 3.24. The lowest BCUT2D eigenvalue weighted by atomic mass is 9.97. The maximum absolute atomic E-state index is 13.8. The van der Waals surface area contributed by atoms with Crippen LogP contribution in [0.25, 0.3) is 5.65 Å². The van der Waals surface area contributed by atoms with Crippen molar-refractivity contribution in [1.29, 1.82) is 0 Å². The average Bonchev–Trinajstić information content (AvgIpc) is 3.47. The Morgan fingerprint density at radius 3 is 2.61 bits per heavy atom. The summed E-state index contributed by atoms with van der Waals surface area (Å²) in [6.07, 6.45) is 6.87. The number of sulfonamides is 1. The Bertz CT molecular complexity index is 1360. The standard InChI is InChI=1S/C26H34N6O3S/c1-18-12-14-30(16-18)25-19(2)17-32-23(27-25)15-21(28-32)22-11-7-8-13-31(22)26(33)24(29-36(3,34)35)20-9-5-4-6-10-20/h4-6,9-10,15,17-18,22,24,29H,7-8,11-14,16H2,1-3H3/t18-,22-,24+/m0/s1. The first-order valence-electron chi connectivity index (χ1n) is 12.6. The number of nitrogens with zero attached hydrogens (tertiary/aromatic N) is 5. The van der Waals surface area contributed by atoms with Gasteiger partial charge in [0.1, 0.15) is 11.9 Å². The van der Waals surface area contributed by atoms with E-state index in [2.05, 4.69) is 23.5 Å². The number of likely N-dealkylation sites (tertiary alicyclic amines) is 1. The van der Waals surface area contributed by atoms with Crippen molar-refractivity contribution in [3.63, 3.8) is 0 Å². The number of hydrogen-bond donors (Lipinski definition) is 1. The second-order valence-corrected chi connectivity index (χ2v) is 12.0. The van der Waals surface area contributed by atoms with Crippen molar-refractivity contribution in [3.05, 3.63) is 59.4 Å². The predicted octanol–water partition coefficient (Wildman–Crippen LogP) is 3.23. The minimum absolute atomic E-state index is 0.240. The van der Waals surface area contributed by atoms with Crippen molar-refractivity contribution < 1.29 is 13.2 Å². The molecule has 0 bridgehead atoms. The van der Waals surface area contributed by atoms with Crippen LogP contribution in [0.4, 0.5) is 5.82 Å². The summed E-state index contributed by atoms with van der Waals surface area (Å²) >= 11 is 0. The summed E-state index contributed by atoms with van der Waals surface area (Å²) in [5.74, 6) is 1.39. The van der Waals surface area contributed by atoms with E-state index >= 15 is 0 Å². The summed E-state index contributed by atoms with van der Waals surface area (Å²) in [7, 11) is -3.61. The van der Waals surface area contributed by atoms with Crippen LogP contribution >= 0.6 is 0 Å². The van der Waals surface area contributed by atoms with E-state index < -0.39 is 16.1 Å². The minimum atomic E-state index is -3.61. The van der Waals surface area contributed by atoms with Crippen LogP contribution in [-0.2, 0) is 14.8 Å². The van der Waals surface area contributed by atoms with Gasteiger partial charge in [-0.25, -0.2) is 17.9 Å². The molecule has 5 rings (SSSR count). The Labute approximate surface area is 212 Å². The third-order valence-electron chi connectivity index (χ3n) is 7.19. The van der Waals surface area contributed by atoms with Gasteiger partial charge in [0.15, 0.2) is 5.65 Å². The number of anilines is 1. The lowest BCUT2D eigenvalue weighted by molar-refractivity contribution is -0.137. The number of benzene rings is 1. The normalized spacial score (nSPS) is 21.8. The number of nitrogens with one attached hydrogen (secondary N) is 1. The number of aryl methyl sites for hydroxylation is 1. The van der Waals surface area contributed by atoms with Crippen LogP contribution in [0.15, 0.2) is 42.6 Å². The molecule has 2 fully saturated rings. The fraction of sp³-hybridized carbons (Fsp3) is 0.500. The van der Waals surface area contributed by atoms with Gasteiger partial charge in [-0.05, 0) is 44.1 Å². The third-order valence-corrected chi connectivity index (χ3v) is 7.85. The fourth-order valence-electron chi connectivity index (χ4n) is 5.42. The molecule has 0 spiro atoms. The summed E-state index contributed by atoms with van der Waals surface area (Å²) in [4.78, 5) is 22.9. The smallest absolute Gasteiger partial charge is 0.245 e. The van der Waals surface area contributed by atoms with Gasteiger partial charge in [0.2, 0.25) is 15.9 Å². The molecule has 192 valence electrons. The zero-order valence-electron chi connectivity index (χ0n) is 21.1. The van der Waals surface area contributed by atoms with Gasteiger partial charge in [0, 0.05) is 37.5 Å². The average molecular weight is 511 g/mol. The number of carbonyl (C=O) groups excluding carboxylic acids is 1. The minimum Gasteiger partial charge on any atom is -0.356 e. The highest BCUT2D eigenvalue weighted by Crippen LogP contribution is 2.34. The highest BCUT2D eigenvalue weighted by molar-refractivity contribution is 7.88. The van der Waals surface area contributed by atoms with Crippen LogP contribution in [0, 0.1) is 12.8 Å². The molecule has 1 N–H and O–H groups in total. The molecule has 2 saturated heterocycles. The van der Waals surface area contributed by atoms with Gasteiger partial charge in [0.05, 0.1) is 18.0 Å². The largest absolute Gasteiger partial charge is 0.356 e. The van der Waals surface area contributed by atoms with E-state index in [0.29, 0.717) is 18.0 Å². The zero-order valence-corrected chi connectivity index (χ0v) is 21.9. The molecular weight excluding hydrogens is 476 g/mol. The van der Waals surface area contributed by atoms with Crippen LogP contribution in [0.1, 0.15) is 61.5 Å². The zero-order chi connectivity index (χ0) is 25.4. The van der Waals surface area contributed by atoms with E-state index in [9.17, 15) is 13.2 Å². The van der Waals surface area contributed by atoms with Crippen LogP contribution in [-0.4, -0.2) is 59.7 Å². The highest BCUT2D eigenvalue weighted by atomic mass is 32.2. The van der Waals surface area contributed by atoms with Gasteiger partial charge in [-0.3, -0.25) is 4.79 Å². The number of hydrogen-bond acceptors (Lipinski definition) is 6. The molecule has 4 heterocycles. The molecule has 3 aromatic rings.